The molecule has 1 aromatic rings. The van der Waals surface area contributed by atoms with Gasteiger partial charge in [-0.05, 0) is 16.0 Å². The maximum atomic E-state index is 10.6. The number of methoxy groups -OCH3 is 1. The van der Waals surface area contributed by atoms with Crippen LogP contribution in [0.25, 0.3) is 0 Å². The normalized spacial score (nSPS) is 14.3. The topological polar surface area (TPSA) is 83.7 Å². The molecule has 0 spiro atoms. The Kier molecular flexibility index (Phi) is 2.59. The summed E-state index contributed by atoms with van der Waals surface area (Å²) in [6, 6.07) is 2.70. The standard InChI is InChI=1S/C9H8N2O5/c1-14-6-2-3-7(11(12)13)10-8(6)9-15-4-5-16-9/h2-5,9H,1H3. The number of pyridine rings is 1. The Morgan fingerprint density at radius 3 is 2.69 bits per heavy atom. The summed E-state index contributed by atoms with van der Waals surface area (Å²) in [4.78, 5) is 13.8. The molecule has 0 unspecified atom stereocenters. The maximum absolute atomic E-state index is 10.6. The highest BCUT2D eigenvalue weighted by molar-refractivity contribution is 5.35. The van der Waals surface area contributed by atoms with Crippen molar-refractivity contribution in [1.29, 1.82) is 0 Å². The summed E-state index contributed by atoms with van der Waals surface area (Å²) in [5.41, 5.74) is 0.238. The summed E-state index contributed by atoms with van der Waals surface area (Å²) in [7, 11) is 1.44. The van der Waals surface area contributed by atoms with E-state index in [1.165, 1.54) is 31.8 Å². The first-order chi connectivity index (χ1) is 7.72. The number of hydrogen-bond acceptors (Lipinski definition) is 6. The van der Waals surface area contributed by atoms with Gasteiger partial charge >= 0.3 is 12.1 Å². The smallest absolute Gasteiger partial charge is 0.364 e. The fourth-order valence-corrected chi connectivity index (χ4v) is 1.26. The van der Waals surface area contributed by atoms with Crippen molar-refractivity contribution in [2.24, 2.45) is 0 Å². The van der Waals surface area contributed by atoms with E-state index in [9.17, 15) is 10.1 Å². The molecule has 1 aromatic heterocycles. The molecule has 16 heavy (non-hydrogen) atoms. The molecule has 2 heterocycles. The molecule has 0 aliphatic carbocycles. The summed E-state index contributed by atoms with van der Waals surface area (Å²) in [6.07, 6.45) is 1.88. The van der Waals surface area contributed by atoms with Crippen LogP contribution in [0.4, 0.5) is 5.82 Å². The minimum atomic E-state index is -0.796. The van der Waals surface area contributed by atoms with Gasteiger partial charge in [0.05, 0.1) is 7.11 Å². The average Bonchev–Trinajstić information content (AvgIpc) is 2.81. The van der Waals surface area contributed by atoms with Gasteiger partial charge in [0.25, 0.3) is 5.69 Å². The predicted octanol–water partition coefficient (Wildman–Crippen LogP) is 1.51. The van der Waals surface area contributed by atoms with Gasteiger partial charge < -0.3 is 24.3 Å². The number of rotatable bonds is 3. The average molecular weight is 224 g/mol. The molecule has 84 valence electrons. The molecule has 7 heteroatoms. The van der Waals surface area contributed by atoms with Crippen molar-refractivity contribution < 1.29 is 19.1 Å². The highest BCUT2D eigenvalue weighted by Crippen LogP contribution is 2.31. The molecule has 0 aromatic carbocycles. The molecule has 0 N–H and O–H groups in total. The SMILES string of the molecule is COc1ccc([N+](=O)[O-])nc1C1OC=CO1. The van der Waals surface area contributed by atoms with Crippen molar-refractivity contribution in [3.63, 3.8) is 0 Å². The Labute approximate surface area is 90.4 Å². The van der Waals surface area contributed by atoms with Gasteiger partial charge in [-0.1, -0.05) is 0 Å². The van der Waals surface area contributed by atoms with Gasteiger partial charge in [-0.2, -0.15) is 0 Å². The fraction of sp³-hybridized carbons (Fsp3) is 0.222. The van der Waals surface area contributed by atoms with Gasteiger partial charge in [-0.3, -0.25) is 0 Å². The van der Waals surface area contributed by atoms with Gasteiger partial charge in [-0.15, -0.1) is 0 Å². The summed E-state index contributed by atoms with van der Waals surface area (Å²) in [5, 5.41) is 10.6. The van der Waals surface area contributed by atoms with Crippen LogP contribution < -0.4 is 4.74 Å². The summed E-state index contributed by atoms with van der Waals surface area (Å²) in [6.45, 7) is 0. The molecule has 0 radical (unpaired) electrons. The summed E-state index contributed by atoms with van der Waals surface area (Å²) >= 11 is 0. The number of aromatic nitrogens is 1. The van der Waals surface area contributed by atoms with Crippen molar-refractivity contribution in [2.45, 2.75) is 6.29 Å². The molecule has 7 nitrogen and oxygen atoms in total. The monoisotopic (exact) mass is 224 g/mol. The highest BCUT2D eigenvalue weighted by Gasteiger charge is 2.28. The Hall–Kier alpha value is -2.31. The molecule has 0 atom stereocenters. The number of ether oxygens (including phenoxy) is 3. The number of hydrogen-bond donors (Lipinski definition) is 0. The van der Waals surface area contributed by atoms with E-state index in [2.05, 4.69) is 4.98 Å². The lowest BCUT2D eigenvalue weighted by Crippen LogP contribution is -2.06. The zero-order chi connectivity index (χ0) is 11.5. The molecule has 1 aliphatic rings. The van der Waals surface area contributed by atoms with Crippen LogP contribution >= 0.6 is 0 Å². The molecule has 0 fully saturated rings. The van der Waals surface area contributed by atoms with Crippen LogP contribution in [0.5, 0.6) is 5.75 Å². The fourth-order valence-electron chi connectivity index (χ4n) is 1.26. The zero-order valence-corrected chi connectivity index (χ0v) is 8.32. The first-order valence-electron chi connectivity index (χ1n) is 4.37. The number of nitrogens with zero attached hydrogens (tertiary/aromatic N) is 2. The molecule has 0 bridgehead atoms. The van der Waals surface area contributed by atoms with E-state index >= 15 is 0 Å². The van der Waals surface area contributed by atoms with Crippen LogP contribution in [0.15, 0.2) is 24.7 Å². The van der Waals surface area contributed by atoms with Crippen LogP contribution in [0.1, 0.15) is 12.0 Å². The third-order valence-electron chi connectivity index (χ3n) is 1.96. The third-order valence-corrected chi connectivity index (χ3v) is 1.96. The molecule has 0 saturated heterocycles. The van der Waals surface area contributed by atoms with Gasteiger partial charge in [0, 0.05) is 6.07 Å². The largest absolute Gasteiger partial charge is 0.492 e. The summed E-state index contributed by atoms with van der Waals surface area (Å²) < 4.78 is 15.1. The van der Waals surface area contributed by atoms with E-state index in [1.54, 1.807) is 0 Å². The van der Waals surface area contributed by atoms with Crippen molar-refractivity contribution >= 4 is 5.82 Å². The van der Waals surface area contributed by atoms with E-state index in [4.69, 9.17) is 14.2 Å². The second-order valence-corrected chi connectivity index (χ2v) is 2.89. The Bertz CT molecular complexity index is 438. The van der Waals surface area contributed by atoms with Crippen LogP contribution in [0, 0.1) is 10.1 Å². The second kappa shape index (κ2) is 4.05. The lowest BCUT2D eigenvalue weighted by atomic mass is 10.3. The summed E-state index contributed by atoms with van der Waals surface area (Å²) in [5.74, 6) is 0.0919. The Morgan fingerprint density at radius 1 is 1.44 bits per heavy atom. The van der Waals surface area contributed by atoms with Crippen LogP contribution in [0.2, 0.25) is 0 Å². The van der Waals surface area contributed by atoms with Crippen molar-refractivity contribution in [3.8, 4) is 5.75 Å². The second-order valence-electron chi connectivity index (χ2n) is 2.89. The van der Waals surface area contributed by atoms with Gasteiger partial charge in [0.2, 0.25) is 0 Å². The van der Waals surface area contributed by atoms with Crippen molar-refractivity contribution in [3.05, 3.63) is 40.5 Å². The molecule has 0 saturated carbocycles. The van der Waals surface area contributed by atoms with E-state index in [-0.39, 0.29) is 11.5 Å². The molecular weight excluding hydrogens is 216 g/mol. The van der Waals surface area contributed by atoms with Gasteiger partial charge in [0.1, 0.15) is 12.5 Å². The zero-order valence-electron chi connectivity index (χ0n) is 8.32. The Morgan fingerprint density at radius 2 is 2.12 bits per heavy atom. The first kappa shape index (κ1) is 10.2. The first-order valence-corrected chi connectivity index (χ1v) is 4.37. The minimum absolute atomic E-state index is 0.238. The lowest BCUT2D eigenvalue weighted by Gasteiger charge is -2.09. The lowest BCUT2D eigenvalue weighted by molar-refractivity contribution is -0.389. The van der Waals surface area contributed by atoms with Crippen LogP contribution in [0.3, 0.4) is 0 Å². The van der Waals surface area contributed by atoms with Crippen LogP contribution in [-0.4, -0.2) is 17.0 Å². The Balaban J connectivity index is 2.38. The van der Waals surface area contributed by atoms with Crippen molar-refractivity contribution in [1.82, 2.24) is 4.98 Å². The van der Waals surface area contributed by atoms with Gasteiger partial charge in [0.15, 0.2) is 5.75 Å². The van der Waals surface area contributed by atoms with Crippen molar-refractivity contribution in [2.75, 3.05) is 7.11 Å². The molecule has 2 rings (SSSR count). The third kappa shape index (κ3) is 1.74. The molecular formula is C9H8N2O5. The van der Waals surface area contributed by atoms with E-state index in [0.29, 0.717) is 5.75 Å². The van der Waals surface area contributed by atoms with E-state index in [0.717, 1.165) is 0 Å². The quantitative estimate of drug-likeness (QED) is 0.571. The molecule has 0 amide bonds. The van der Waals surface area contributed by atoms with E-state index < -0.39 is 11.2 Å². The van der Waals surface area contributed by atoms with E-state index in [1.807, 2.05) is 0 Å². The predicted molar refractivity (Wildman–Crippen MR) is 51.5 cm³/mol. The minimum Gasteiger partial charge on any atom is -0.492 e. The van der Waals surface area contributed by atoms with Crippen LogP contribution in [-0.2, 0) is 9.47 Å². The number of nitro groups is 1. The van der Waals surface area contributed by atoms with Gasteiger partial charge in [-0.25, -0.2) is 0 Å². The highest BCUT2D eigenvalue weighted by atomic mass is 16.7. The maximum Gasteiger partial charge on any atom is 0.364 e. The molecule has 1 aliphatic heterocycles.